The third-order valence-corrected chi connectivity index (χ3v) is 7.24. The van der Waals surface area contributed by atoms with Crippen molar-refractivity contribution in [2.45, 2.75) is 19.3 Å². The van der Waals surface area contributed by atoms with Gasteiger partial charge in [0.2, 0.25) is 0 Å². The molecular weight excluding hydrogens is 426 g/mol. The van der Waals surface area contributed by atoms with Gasteiger partial charge < -0.3 is 9.72 Å². The van der Waals surface area contributed by atoms with Gasteiger partial charge in [-0.2, -0.15) is 0 Å². The number of thiophene rings is 1. The molecule has 1 N–H and O–H groups in total. The molecule has 0 atom stereocenters. The number of nitrogens with one attached hydrogen (secondary N) is 1. The van der Waals surface area contributed by atoms with Crippen molar-refractivity contribution in [1.29, 1.82) is 0 Å². The summed E-state index contributed by atoms with van der Waals surface area (Å²) in [5.41, 5.74) is 3.02. The van der Waals surface area contributed by atoms with Crippen molar-refractivity contribution >= 4 is 22.2 Å². The lowest BCUT2D eigenvalue weighted by molar-refractivity contribution is 0.155. The summed E-state index contributed by atoms with van der Waals surface area (Å²) >= 11 is 1.58. The zero-order valence-corrected chi connectivity index (χ0v) is 18.6. The van der Waals surface area contributed by atoms with E-state index in [0.29, 0.717) is 12.5 Å². The first-order valence-corrected chi connectivity index (χ1v) is 12.0. The summed E-state index contributed by atoms with van der Waals surface area (Å²) in [6.45, 7) is 3.50. The van der Waals surface area contributed by atoms with Crippen LogP contribution in [0.4, 0.5) is 8.78 Å². The van der Waals surface area contributed by atoms with Crippen molar-refractivity contribution in [2.75, 3.05) is 26.2 Å². The second kappa shape index (κ2) is 9.43. The molecule has 0 aliphatic carbocycles. The third kappa shape index (κ3) is 4.71. The average Bonchev–Trinajstić information content (AvgIpc) is 3.46. The van der Waals surface area contributed by atoms with Gasteiger partial charge in [-0.25, -0.2) is 8.78 Å². The summed E-state index contributed by atoms with van der Waals surface area (Å²) < 4.78 is 33.4. The van der Waals surface area contributed by atoms with Crippen LogP contribution < -0.4 is 4.74 Å². The third-order valence-electron chi connectivity index (χ3n) is 6.34. The van der Waals surface area contributed by atoms with Crippen LogP contribution in [0.15, 0.2) is 60.1 Å². The molecule has 2 aromatic heterocycles. The molecule has 1 aliphatic heterocycles. The lowest BCUT2D eigenvalue weighted by atomic mass is 9.90. The van der Waals surface area contributed by atoms with Crippen molar-refractivity contribution in [1.82, 2.24) is 9.88 Å². The fourth-order valence-corrected chi connectivity index (χ4v) is 5.33. The molecule has 166 valence electrons. The number of hydrogen-bond acceptors (Lipinski definition) is 3. The lowest BCUT2D eigenvalue weighted by Crippen LogP contribution is -2.37. The summed E-state index contributed by atoms with van der Waals surface area (Å²) in [4.78, 5) is 6.70. The highest BCUT2D eigenvalue weighted by Gasteiger charge is 2.21. The van der Waals surface area contributed by atoms with E-state index in [-0.39, 0.29) is 11.6 Å². The minimum absolute atomic E-state index is 0.184. The predicted octanol–water partition coefficient (Wildman–Crippen LogP) is 6.51. The van der Waals surface area contributed by atoms with Gasteiger partial charge in [0.05, 0.1) is 0 Å². The van der Waals surface area contributed by atoms with Crippen molar-refractivity contribution < 1.29 is 13.5 Å². The Kier molecular flexibility index (Phi) is 6.23. The summed E-state index contributed by atoms with van der Waals surface area (Å²) in [6, 6.07) is 13.6. The van der Waals surface area contributed by atoms with E-state index in [1.807, 2.05) is 29.8 Å². The first-order chi connectivity index (χ1) is 15.7. The number of hydrogen-bond donors (Lipinski definition) is 1. The molecule has 0 amide bonds. The van der Waals surface area contributed by atoms with Crippen molar-refractivity contribution in [3.63, 3.8) is 0 Å². The highest BCUT2D eigenvalue weighted by Crippen LogP contribution is 2.34. The normalized spacial score (nSPS) is 15.4. The lowest BCUT2D eigenvalue weighted by Gasteiger charge is -2.31. The van der Waals surface area contributed by atoms with Crippen LogP contribution in [0.5, 0.6) is 5.75 Å². The van der Waals surface area contributed by atoms with Crippen LogP contribution in [-0.2, 0) is 6.42 Å². The van der Waals surface area contributed by atoms with E-state index in [4.69, 9.17) is 4.74 Å². The molecule has 0 unspecified atom stereocenters. The van der Waals surface area contributed by atoms with Crippen LogP contribution in [0.1, 0.15) is 18.4 Å². The number of halogens is 2. The fourth-order valence-electron chi connectivity index (χ4n) is 4.58. The number of nitrogens with zero attached hydrogens (tertiary/aromatic N) is 1. The minimum Gasteiger partial charge on any atom is -0.492 e. The second-order valence-electron chi connectivity index (χ2n) is 8.46. The van der Waals surface area contributed by atoms with Crippen LogP contribution in [0, 0.1) is 17.6 Å². The van der Waals surface area contributed by atoms with Crippen LogP contribution >= 0.6 is 11.3 Å². The Bertz CT molecular complexity index is 1180. The highest BCUT2D eigenvalue weighted by atomic mass is 32.1. The van der Waals surface area contributed by atoms with E-state index >= 15 is 0 Å². The van der Waals surface area contributed by atoms with Crippen LogP contribution in [0.2, 0.25) is 0 Å². The van der Waals surface area contributed by atoms with E-state index in [1.54, 1.807) is 29.5 Å². The predicted molar refractivity (Wildman–Crippen MR) is 126 cm³/mol. The van der Waals surface area contributed by atoms with E-state index in [0.717, 1.165) is 66.0 Å². The fraction of sp³-hybridized carbons (Fsp3) is 0.308. The van der Waals surface area contributed by atoms with Gasteiger partial charge in [0.15, 0.2) is 0 Å². The number of piperidine rings is 1. The van der Waals surface area contributed by atoms with Gasteiger partial charge in [-0.1, -0.05) is 6.07 Å². The number of likely N-dealkylation sites (tertiary alicyclic amines) is 1. The Morgan fingerprint density at radius 2 is 1.84 bits per heavy atom. The second-order valence-corrected chi connectivity index (χ2v) is 9.41. The van der Waals surface area contributed by atoms with Crippen molar-refractivity contribution in [2.24, 2.45) is 5.92 Å². The maximum absolute atomic E-state index is 13.8. The Labute approximate surface area is 190 Å². The molecule has 1 aliphatic rings. The molecule has 0 radical (unpaired) electrons. The van der Waals surface area contributed by atoms with E-state index < -0.39 is 0 Å². The van der Waals surface area contributed by atoms with Gasteiger partial charge in [0.25, 0.3) is 0 Å². The van der Waals surface area contributed by atoms with Crippen molar-refractivity contribution in [3.05, 3.63) is 77.3 Å². The van der Waals surface area contributed by atoms with Gasteiger partial charge >= 0.3 is 0 Å². The van der Waals surface area contributed by atoms with Gasteiger partial charge in [-0.15, -0.1) is 11.3 Å². The van der Waals surface area contributed by atoms with E-state index in [2.05, 4.69) is 9.88 Å². The number of fused-ring (bicyclic) bond motifs is 1. The molecule has 2 aromatic carbocycles. The molecule has 1 saturated heterocycles. The highest BCUT2D eigenvalue weighted by molar-refractivity contribution is 7.13. The van der Waals surface area contributed by atoms with Crippen molar-refractivity contribution in [3.8, 4) is 16.2 Å². The molecule has 0 saturated carbocycles. The monoisotopic (exact) mass is 452 g/mol. The molecule has 3 heterocycles. The largest absolute Gasteiger partial charge is 0.492 e. The zero-order chi connectivity index (χ0) is 21.9. The van der Waals surface area contributed by atoms with Gasteiger partial charge in [-0.05, 0) is 91.7 Å². The number of aromatic amines is 1. The van der Waals surface area contributed by atoms with E-state index in [1.165, 1.54) is 17.7 Å². The van der Waals surface area contributed by atoms with Gasteiger partial charge in [-0.3, -0.25) is 4.90 Å². The Morgan fingerprint density at radius 1 is 1.03 bits per heavy atom. The smallest absolute Gasteiger partial charge is 0.128 e. The summed E-state index contributed by atoms with van der Waals surface area (Å²) in [6.07, 6.45) is 5.25. The maximum Gasteiger partial charge on any atom is 0.128 e. The topological polar surface area (TPSA) is 28.3 Å². The average molecular weight is 453 g/mol. The summed E-state index contributed by atoms with van der Waals surface area (Å²) in [5, 5.41) is 2.99. The van der Waals surface area contributed by atoms with Crippen LogP contribution in [0.3, 0.4) is 0 Å². The number of H-pyrrole nitrogens is 1. The van der Waals surface area contributed by atoms with Gasteiger partial charge in [0, 0.05) is 34.1 Å². The quantitative estimate of drug-likeness (QED) is 0.346. The molecule has 3 nitrogen and oxygen atoms in total. The molecule has 0 bridgehead atoms. The molecule has 6 heteroatoms. The Balaban J connectivity index is 1.13. The molecule has 0 spiro atoms. The van der Waals surface area contributed by atoms with Gasteiger partial charge in [0.1, 0.15) is 24.0 Å². The summed E-state index contributed by atoms with van der Waals surface area (Å²) in [5.74, 6) is 0.907. The summed E-state index contributed by atoms with van der Waals surface area (Å²) in [7, 11) is 0. The number of ether oxygens (including phenoxy) is 1. The zero-order valence-electron chi connectivity index (χ0n) is 17.8. The Morgan fingerprint density at radius 3 is 2.66 bits per heavy atom. The molecule has 32 heavy (non-hydrogen) atoms. The van der Waals surface area contributed by atoms with E-state index in [9.17, 15) is 8.78 Å². The van der Waals surface area contributed by atoms with Crippen LogP contribution in [0.25, 0.3) is 21.3 Å². The number of aromatic nitrogens is 1. The first-order valence-electron chi connectivity index (χ1n) is 11.1. The number of benzene rings is 2. The SMILES string of the molecule is Fc1ccc(OCCN2CCC(Cc3c[nH]c4ccc(F)cc34)CC2)c(-c2cccs2)c1. The molecule has 4 aromatic rings. The maximum atomic E-state index is 13.8. The van der Waals surface area contributed by atoms with Crippen LogP contribution in [-0.4, -0.2) is 36.1 Å². The first kappa shape index (κ1) is 21.2. The number of rotatable bonds is 7. The minimum atomic E-state index is -0.249. The molecule has 1 fully saturated rings. The molecule has 5 rings (SSSR count). The molecular formula is C26H26F2N2OS. The standard InChI is InChI=1S/C26H26F2N2OS/c27-20-3-5-24-22(15-20)19(17-29-24)14-18-7-9-30(10-8-18)11-12-31-25-6-4-21(28)16-23(25)26-2-1-13-32-26/h1-6,13,15-18,29H,7-12,14H2. The Hall–Kier alpha value is -2.70.